The number of hydrogen-bond acceptors (Lipinski definition) is 4. The van der Waals surface area contributed by atoms with Gasteiger partial charge >= 0.3 is 0 Å². The van der Waals surface area contributed by atoms with Crippen molar-refractivity contribution in [3.8, 4) is 0 Å². The fraction of sp³-hybridized carbons (Fsp3) is 0.429. The summed E-state index contributed by atoms with van der Waals surface area (Å²) in [5.74, 6) is 1.14. The van der Waals surface area contributed by atoms with Crippen molar-refractivity contribution in [3.05, 3.63) is 42.2 Å². The summed E-state index contributed by atoms with van der Waals surface area (Å²) in [7, 11) is 0. The molecule has 3 heterocycles. The topological polar surface area (TPSA) is 46.0 Å². The van der Waals surface area contributed by atoms with Crippen LogP contribution in [0.4, 0.5) is 5.69 Å². The summed E-state index contributed by atoms with van der Waals surface area (Å²) in [6, 6.07) is 4.25. The Kier molecular flexibility index (Phi) is 3.46. The van der Waals surface area contributed by atoms with Crippen LogP contribution in [0.2, 0.25) is 0 Å². The van der Waals surface area contributed by atoms with E-state index in [0.717, 1.165) is 44.2 Å². The molecule has 0 bridgehead atoms. The van der Waals surface area contributed by atoms with Crippen molar-refractivity contribution in [2.45, 2.75) is 26.6 Å². The minimum Gasteiger partial charge on any atom is -0.362 e. The number of pyridine rings is 1. The number of nitrogens with zero attached hydrogens (tertiary/aromatic N) is 4. The average Bonchev–Trinajstić information content (AvgIpc) is 2.92. The lowest BCUT2D eigenvalue weighted by molar-refractivity contribution is 0.559. The van der Waals surface area contributed by atoms with Gasteiger partial charge in [0.05, 0.1) is 12.2 Å². The highest BCUT2D eigenvalue weighted by Gasteiger charge is 2.17. The first kappa shape index (κ1) is 12.2. The van der Waals surface area contributed by atoms with Gasteiger partial charge in [-0.3, -0.25) is 4.98 Å². The molecule has 0 amide bonds. The van der Waals surface area contributed by atoms with Gasteiger partial charge in [0.2, 0.25) is 0 Å². The molecular formula is C14H19N5. The zero-order valence-corrected chi connectivity index (χ0v) is 11.2. The fourth-order valence-corrected chi connectivity index (χ4v) is 2.41. The predicted octanol–water partition coefficient (Wildman–Crippen LogP) is 1.41. The largest absolute Gasteiger partial charge is 0.362 e. The van der Waals surface area contributed by atoms with Gasteiger partial charge in [0.15, 0.2) is 0 Å². The molecule has 0 radical (unpaired) electrons. The van der Waals surface area contributed by atoms with E-state index < -0.39 is 0 Å². The van der Waals surface area contributed by atoms with E-state index in [9.17, 15) is 0 Å². The first-order valence-electron chi connectivity index (χ1n) is 6.77. The number of hydrogen-bond donors (Lipinski definition) is 1. The number of rotatable bonds is 4. The molecule has 5 heteroatoms. The van der Waals surface area contributed by atoms with E-state index in [1.54, 1.807) is 0 Å². The highest BCUT2D eigenvalue weighted by molar-refractivity contribution is 5.47. The van der Waals surface area contributed by atoms with E-state index in [2.05, 4.69) is 50.0 Å². The second kappa shape index (κ2) is 5.40. The van der Waals surface area contributed by atoms with Crippen molar-refractivity contribution in [3.63, 3.8) is 0 Å². The van der Waals surface area contributed by atoms with Gasteiger partial charge in [-0.2, -0.15) is 0 Å². The maximum atomic E-state index is 4.40. The Bertz CT molecular complexity index is 548. The smallest absolute Gasteiger partial charge is 0.128 e. The molecule has 0 spiro atoms. The van der Waals surface area contributed by atoms with Gasteiger partial charge < -0.3 is 14.8 Å². The molecule has 5 nitrogen and oxygen atoms in total. The van der Waals surface area contributed by atoms with Crippen LogP contribution in [0.1, 0.15) is 18.4 Å². The molecule has 3 rings (SSSR count). The molecule has 0 saturated carbocycles. The lowest BCUT2D eigenvalue weighted by atomic mass is 10.2. The summed E-state index contributed by atoms with van der Waals surface area (Å²) >= 11 is 0. The third-order valence-electron chi connectivity index (χ3n) is 3.47. The van der Waals surface area contributed by atoms with Crippen molar-refractivity contribution < 1.29 is 0 Å². The lowest BCUT2D eigenvalue weighted by Crippen LogP contribution is -2.33. The highest BCUT2D eigenvalue weighted by Crippen LogP contribution is 2.20. The summed E-state index contributed by atoms with van der Waals surface area (Å²) < 4.78 is 2.22. The van der Waals surface area contributed by atoms with Crippen LogP contribution in [0, 0.1) is 0 Å². The maximum Gasteiger partial charge on any atom is 0.128 e. The van der Waals surface area contributed by atoms with Gasteiger partial charge in [0, 0.05) is 43.9 Å². The second-order valence-electron chi connectivity index (χ2n) is 4.74. The minimum absolute atomic E-state index is 0.826. The Morgan fingerprint density at radius 2 is 2.21 bits per heavy atom. The van der Waals surface area contributed by atoms with Crippen molar-refractivity contribution in [1.82, 2.24) is 19.9 Å². The summed E-state index contributed by atoms with van der Waals surface area (Å²) in [5, 5.41) is 3.31. The molecule has 2 aromatic rings. The van der Waals surface area contributed by atoms with E-state index in [0.29, 0.717) is 0 Å². The molecule has 100 valence electrons. The average molecular weight is 257 g/mol. The molecule has 1 aliphatic heterocycles. The van der Waals surface area contributed by atoms with Crippen molar-refractivity contribution in [1.29, 1.82) is 0 Å². The third kappa shape index (κ3) is 2.61. The van der Waals surface area contributed by atoms with E-state index in [4.69, 9.17) is 0 Å². The molecule has 0 unspecified atom stereocenters. The van der Waals surface area contributed by atoms with Crippen molar-refractivity contribution >= 4 is 5.69 Å². The van der Waals surface area contributed by atoms with E-state index in [1.807, 2.05) is 12.4 Å². The molecule has 0 atom stereocenters. The van der Waals surface area contributed by atoms with Crippen LogP contribution in [0.5, 0.6) is 0 Å². The zero-order valence-electron chi connectivity index (χ0n) is 11.2. The number of nitrogens with one attached hydrogen (secondary N) is 1. The predicted molar refractivity (Wildman–Crippen MR) is 74.9 cm³/mol. The van der Waals surface area contributed by atoms with Gasteiger partial charge in [0.25, 0.3) is 0 Å². The van der Waals surface area contributed by atoms with Crippen LogP contribution < -0.4 is 10.2 Å². The van der Waals surface area contributed by atoms with E-state index >= 15 is 0 Å². The van der Waals surface area contributed by atoms with Crippen LogP contribution in [0.25, 0.3) is 0 Å². The molecule has 0 fully saturated rings. The second-order valence-corrected chi connectivity index (χ2v) is 4.74. The first-order valence-corrected chi connectivity index (χ1v) is 6.77. The quantitative estimate of drug-likeness (QED) is 0.899. The summed E-state index contributed by atoms with van der Waals surface area (Å²) in [5.41, 5.74) is 2.32. The minimum atomic E-state index is 0.826. The lowest BCUT2D eigenvalue weighted by Gasteiger charge is -2.29. The van der Waals surface area contributed by atoms with Crippen molar-refractivity contribution in [2.75, 3.05) is 18.0 Å². The van der Waals surface area contributed by atoms with Crippen LogP contribution in [0.3, 0.4) is 0 Å². The Labute approximate surface area is 113 Å². The van der Waals surface area contributed by atoms with Gasteiger partial charge in [-0.25, -0.2) is 4.98 Å². The molecule has 0 saturated heterocycles. The van der Waals surface area contributed by atoms with Crippen LogP contribution >= 0.6 is 0 Å². The zero-order chi connectivity index (χ0) is 13.1. The SMILES string of the molecule is CCNCc1cc(N2CCn3ccnc3C2)ccn1. The summed E-state index contributed by atoms with van der Waals surface area (Å²) in [4.78, 5) is 11.2. The Morgan fingerprint density at radius 1 is 1.26 bits per heavy atom. The highest BCUT2D eigenvalue weighted by atomic mass is 15.2. The third-order valence-corrected chi connectivity index (χ3v) is 3.47. The molecular weight excluding hydrogens is 238 g/mol. The van der Waals surface area contributed by atoms with Gasteiger partial charge in [-0.1, -0.05) is 6.92 Å². The fourth-order valence-electron chi connectivity index (χ4n) is 2.41. The maximum absolute atomic E-state index is 4.40. The number of fused-ring (bicyclic) bond motifs is 1. The molecule has 0 aromatic carbocycles. The molecule has 19 heavy (non-hydrogen) atoms. The van der Waals surface area contributed by atoms with Crippen LogP contribution in [-0.4, -0.2) is 27.6 Å². The van der Waals surface area contributed by atoms with E-state index in [-0.39, 0.29) is 0 Å². The first-order chi connectivity index (χ1) is 9.36. The Morgan fingerprint density at radius 3 is 3.11 bits per heavy atom. The van der Waals surface area contributed by atoms with Gasteiger partial charge in [-0.05, 0) is 18.7 Å². The van der Waals surface area contributed by atoms with Crippen LogP contribution in [0.15, 0.2) is 30.7 Å². The van der Waals surface area contributed by atoms with E-state index in [1.165, 1.54) is 5.69 Å². The van der Waals surface area contributed by atoms with Crippen molar-refractivity contribution in [2.24, 2.45) is 0 Å². The summed E-state index contributed by atoms with van der Waals surface area (Å²) in [6.07, 6.45) is 5.82. The molecule has 2 aromatic heterocycles. The van der Waals surface area contributed by atoms with Gasteiger partial charge in [-0.15, -0.1) is 0 Å². The number of aromatic nitrogens is 3. The normalized spacial score (nSPS) is 14.5. The van der Waals surface area contributed by atoms with Gasteiger partial charge in [0.1, 0.15) is 5.82 Å². The molecule has 0 aliphatic carbocycles. The monoisotopic (exact) mass is 257 g/mol. The molecule has 1 aliphatic rings. The summed E-state index contributed by atoms with van der Waals surface area (Å²) in [6.45, 7) is 6.79. The van der Waals surface area contributed by atoms with Crippen LogP contribution in [-0.2, 0) is 19.6 Å². The Balaban J connectivity index is 1.76. The number of imidazole rings is 1. The standard InChI is InChI=1S/C14H19N5/c1-2-15-10-12-9-13(3-4-16-12)19-8-7-18-6-5-17-14(18)11-19/h3-6,9,15H,2,7-8,10-11H2,1H3. The Hall–Kier alpha value is -1.88. The molecule has 1 N–H and O–H groups in total. The number of anilines is 1.